The first-order valence-corrected chi connectivity index (χ1v) is 10.2. The van der Waals surface area contributed by atoms with Crippen molar-refractivity contribution in [3.05, 3.63) is 11.6 Å². The van der Waals surface area contributed by atoms with Gasteiger partial charge < -0.3 is 5.11 Å². The van der Waals surface area contributed by atoms with Crippen LogP contribution in [0.1, 0.15) is 79.1 Å². The summed E-state index contributed by atoms with van der Waals surface area (Å²) in [5.74, 6) is 2.64. The molecule has 0 aromatic heterocycles. The number of hydrogen-bond acceptors (Lipinski definition) is 2. The number of hydrogen-bond donors (Lipinski definition) is 1. The molecule has 134 valence electrons. The molecule has 4 aliphatic rings. The summed E-state index contributed by atoms with van der Waals surface area (Å²) in [4.78, 5) is 12.3. The Morgan fingerprint density at radius 2 is 1.88 bits per heavy atom. The zero-order chi connectivity index (χ0) is 17.3. The number of ketones is 1. The van der Waals surface area contributed by atoms with Gasteiger partial charge in [0.15, 0.2) is 5.78 Å². The van der Waals surface area contributed by atoms with Crippen molar-refractivity contribution < 1.29 is 9.90 Å². The van der Waals surface area contributed by atoms with Gasteiger partial charge in [-0.1, -0.05) is 32.4 Å². The fraction of sp³-hybridized carbons (Fsp3) is 0.864. The number of carbonyl (C=O) groups excluding carboxylic acids is 1. The lowest BCUT2D eigenvalue weighted by molar-refractivity contribution is -0.160. The molecule has 0 aromatic rings. The molecule has 1 unspecified atom stereocenters. The summed E-state index contributed by atoms with van der Waals surface area (Å²) < 4.78 is 0. The Hall–Kier alpha value is -0.630. The number of Topliss-reactive ketones (excluding diaryl/α,β-unsaturated/α-hetero) is 1. The van der Waals surface area contributed by atoms with Crippen molar-refractivity contribution in [2.45, 2.75) is 84.7 Å². The van der Waals surface area contributed by atoms with Gasteiger partial charge in [0.2, 0.25) is 0 Å². The number of fused-ring (bicyclic) bond motifs is 5. The van der Waals surface area contributed by atoms with Crippen LogP contribution in [0.4, 0.5) is 0 Å². The maximum atomic E-state index is 12.3. The highest BCUT2D eigenvalue weighted by atomic mass is 16.3. The van der Waals surface area contributed by atoms with Crippen LogP contribution in [-0.4, -0.2) is 16.5 Å². The van der Waals surface area contributed by atoms with E-state index < -0.39 is 5.60 Å². The molecule has 2 nitrogen and oxygen atoms in total. The maximum Gasteiger partial charge on any atom is 0.161 e. The van der Waals surface area contributed by atoms with Gasteiger partial charge in [-0.3, -0.25) is 4.79 Å². The van der Waals surface area contributed by atoms with Crippen molar-refractivity contribution in [1.29, 1.82) is 0 Å². The molecular formula is C22H34O2. The van der Waals surface area contributed by atoms with E-state index in [0.29, 0.717) is 29.6 Å². The van der Waals surface area contributed by atoms with Crippen LogP contribution < -0.4 is 0 Å². The third kappa shape index (κ3) is 1.90. The van der Waals surface area contributed by atoms with E-state index in [1.54, 1.807) is 12.5 Å². The standard InChI is InChI=1S/C22H34O2/c1-14-13-16-18(20(3)10-6-5-7-17(14)20)8-11-21(4)19(16)9-12-22(21,24)15(2)23/h7,14,16,18-19,24H,5-6,8-13H2,1-4H3/t14?,16-,18+,19+,20+,21+,22+/m1/s1. The van der Waals surface area contributed by atoms with Crippen LogP contribution in [0, 0.1) is 34.5 Å². The highest BCUT2D eigenvalue weighted by Crippen LogP contribution is 2.68. The quantitative estimate of drug-likeness (QED) is 0.694. The van der Waals surface area contributed by atoms with Gasteiger partial charge in [0.1, 0.15) is 5.60 Å². The maximum absolute atomic E-state index is 12.3. The van der Waals surface area contributed by atoms with Gasteiger partial charge in [-0.15, -0.1) is 0 Å². The molecule has 2 heteroatoms. The lowest BCUT2D eigenvalue weighted by Crippen LogP contribution is -2.57. The van der Waals surface area contributed by atoms with Gasteiger partial charge in [-0.25, -0.2) is 0 Å². The van der Waals surface area contributed by atoms with Crippen LogP contribution in [-0.2, 0) is 4.79 Å². The molecule has 4 aliphatic carbocycles. The Morgan fingerprint density at radius 3 is 2.58 bits per heavy atom. The summed E-state index contributed by atoms with van der Waals surface area (Å²) in [6.07, 6.45) is 11.7. The first-order chi connectivity index (χ1) is 11.2. The van der Waals surface area contributed by atoms with Crippen LogP contribution in [0.2, 0.25) is 0 Å². The molecule has 4 rings (SSSR count). The van der Waals surface area contributed by atoms with E-state index in [1.165, 1.54) is 32.1 Å². The Kier molecular flexibility index (Phi) is 3.64. The van der Waals surface area contributed by atoms with Crippen molar-refractivity contribution in [2.24, 2.45) is 34.5 Å². The Bertz CT molecular complexity index is 593. The van der Waals surface area contributed by atoms with Gasteiger partial charge >= 0.3 is 0 Å². The minimum absolute atomic E-state index is 0.000675. The predicted octanol–water partition coefficient (Wildman–Crippen LogP) is 4.91. The van der Waals surface area contributed by atoms with E-state index in [9.17, 15) is 9.90 Å². The van der Waals surface area contributed by atoms with Crippen molar-refractivity contribution in [2.75, 3.05) is 0 Å². The lowest BCUT2D eigenvalue weighted by Gasteiger charge is -2.60. The second kappa shape index (κ2) is 5.19. The highest BCUT2D eigenvalue weighted by molar-refractivity contribution is 5.86. The number of rotatable bonds is 1. The Labute approximate surface area is 147 Å². The fourth-order valence-corrected chi connectivity index (χ4v) is 7.80. The van der Waals surface area contributed by atoms with Crippen molar-refractivity contribution >= 4 is 5.78 Å². The van der Waals surface area contributed by atoms with Crippen molar-refractivity contribution in [3.8, 4) is 0 Å². The molecule has 3 saturated carbocycles. The molecule has 0 saturated heterocycles. The molecule has 0 aliphatic heterocycles. The SMILES string of the molecule is CC(=O)[C@@]1(O)CC[C@H]2[C@@H]3CC(C)C4=CCCC[C@]4(C)[C@H]3CC[C@@]21C. The second-order valence-corrected chi connectivity index (χ2v) is 9.89. The van der Waals surface area contributed by atoms with Crippen LogP contribution in [0.3, 0.4) is 0 Å². The molecule has 3 fully saturated rings. The largest absolute Gasteiger partial charge is 0.382 e. The van der Waals surface area contributed by atoms with Crippen molar-refractivity contribution in [1.82, 2.24) is 0 Å². The second-order valence-electron chi connectivity index (χ2n) is 9.89. The van der Waals surface area contributed by atoms with Crippen LogP contribution >= 0.6 is 0 Å². The smallest absolute Gasteiger partial charge is 0.161 e. The summed E-state index contributed by atoms with van der Waals surface area (Å²) in [5.41, 5.74) is 0.832. The fourth-order valence-electron chi connectivity index (χ4n) is 7.80. The predicted molar refractivity (Wildman–Crippen MR) is 96.5 cm³/mol. The lowest BCUT2D eigenvalue weighted by atomic mass is 9.45. The highest BCUT2D eigenvalue weighted by Gasteiger charge is 2.65. The first kappa shape index (κ1) is 16.8. The molecule has 24 heavy (non-hydrogen) atoms. The van der Waals surface area contributed by atoms with Gasteiger partial charge in [0.25, 0.3) is 0 Å². The Morgan fingerprint density at radius 1 is 1.17 bits per heavy atom. The van der Waals surface area contributed by atoms with E-state index in [0.717, 1.165) is 18.8 Å². The average molecular weight is 331 g/mol. The molecule has 0 amide bonds. The summed E-state index contributed by atoms with van der Waals surface area (Å²) in [5, 5.41) is 11.2. The van der Waals surface area contributed by atoms with E-state index >= 15 is 0 Å². The summed E-state index contributed by atoms with van der Waals surface area (Å²) in [6.45, 7) is 8.78. The molecule has 0 aromatic carbocycles. The van der Waals surface area contributed by atoms with Gasteiger partial charge in [0.05, 0.1) is 0 Å². The molecule has 0 radical (unpaired) electrons. The summed E-state index contributed by atoms with van der Waals surface area (Å²) in [7, 11) is 0. The van der Waals surface area contributed by atoms with E-state index in [-0.39, 0.29) is 11.2 Å². The third-order valence-electron chi connectivity index (χ3n) is 9.07. The van der Waals surface area contributed by atoms with E-state index in [2.05, 4.69) is 26.8 Å². The molecular weight excluding hydrogens is 296 g/mol. The first-order valence-electron chi connectivity index (χ1n) is 10.2. The number of allylic oxidation sites excluding steroid dienone is 2. The van der Waals surface area contributed by atoms with Crippen LogP contribution in [0.5, 0.6) is 0 Å². The average Bonchev–Trinajstić information content (AvgIpc) is 2.81. The third-order valence-corrected chi connectivity index (χ3v) is 9.07. The summed E-state index contributed by atoms with van der Waals surface area (Å²) >= 11 is 0. The zero-order valence-electron chi connectivity index (χ0n) is 15.9. The van der Waals surface area contributed by atoms with Crippen LogP contribution in [0.25, 0.3) is 0 Å². The minimum atomic E-state index is -1.07. The molecule has 0 spiro atoms. The number of aliphatic hydroxyl groups is 1. The monoisotopic (exact) mass is 330 g/mol. The Balaban J connectivity index is 1.73. The summed E-state index contributed by atoms with van der Waals surface area (Å²) in [6, 6.07) is 0. The van der Waals surface area contributed by atoms with Crippen molar-refractivity contribution in [3.63, 3.8) is 0 Å². The number of carbonyl (C=O) groups is 1. The zero-order valence-corrected chi connectivity index (χ0v) is 15.9. The topological polar surface area (TPSA) is 37.3 Å². The molecule has 1 N–H and O–H groups in total. The molecule has 7 atom stereocenters. The minimum Gasteiger partial charge on any atom is -0.382 e. The van der Waals surface area contributed by atoms with Gasteiger partial charge in [-0.05, 0) is 87.4 Å². The molecule has 0 heterocycles. The molecule has 0 bridgehead atoms. The van der Waals surface area contributed by atoms with Gasteiger partial charge in [-0.2, -0.15) is 0 Å². The van der Waals surface area contributed by atoms with Crippen LogP contribution in [0.15, 0.2) is 11.6 Å². The van der Waals surface area contributed by atoms with Gasteiger partial charge in [0, 0.05) is 5.41 Å². The normalized spacial score (nSPS) is 53.6. The van der Waals surface area contributed by atoms with E-state index in [4.69, 9.17) is 0 Å². The van der Waals surface area contributed by atoms with E-state index in [1.807, 2.05) is 0 Å².